The van der Waals surface area contributed by atoms with Crippen LogP contribution in [0.4, 0.5) is 0 Å². The Morgan fingerprint density at radius 3 is 2.07 bits per heavy atom. The summed E-state index contributed by atoms with van der Waals surface area (Å²) in [7, 11) is 0. The number of ether oxygens (including phenoxy) is 1. The van der Waals surface area contributed by atoms with E-state index in [0.29, 0.717) is 39.3 Å². The summed E-state index contributed by atoms with van der Waals surface area (Å²) in [6, 6.07) is 29.5. The molecule has 3 amide bonds. The van der Waals surface area contributed by atoms with E-state index in [-0.39, 0.29) is 37.7 Å². The second kappa shape index (κ2) is 18.9. The fourth-order valence-electron chi connectivity index (χ4n) is 7.01. The van der Waals surface area contributed by atoms with Crippen molar-refractivity contribution in [2.45, 2.75) is 70.6 Å². The first kappa shape index (κ1) is 39.5. The minimum atomic E-state index is -1.13. The normalized spacial score (nSPS) is 16.1. The Kier molecular flexibility index (Phi) is 13.3. The van der Waals surface area contributed by atoms with Crippen LogP contribution in [0.3, 0.4) is 0 Å². The van der Waals surface area contributed by atoms with Crippen molar-refractivity contribution in [2.75, 3.05) is 13.2 Å². The topological polar surface area (TPSA) is 147 Å². The lowest BCUT2D eigenvalue weighted by Gasteiger charge is -2.26. The van der Waals surface area contributed by atoms with Crippen LogP contribution in [-0.4, -0.2) is 60.1 Å². The molecule has 1 fully saturated rings. The Balaban J connectivity index is 1.44. The van der Waals surface area contributed by atoms with Crippen molar-refractivity contribution < 1.29 is 33.4 Å². The van der Waals surface area contributed by atoms with E-state index in [1.807, 2.05) is 91.0 Å². The molecule has 0 saturated heterocycles. The van der Waals surface area contributed by atoms with Gasteiger partial charge in [-0.3, -0.25) is 14.4 Å². The summed E-state index contributed by atoms with van der Waals surface area (Å²) in [4.78, 5) is 54.0. The minimum Gasteiger partial charge on any atom is -0.459 e. The standard InChI is InChI=1S/C46H47N3O7/c1-30-18-22-37(23-19-30)55-46(54)41-38-27-34(26-36(21-20-32-12-6-3-7-13-32)42(38)56-43(41)35-16-10-5-11-17-35)29-39(44(52)47-24-25-50)49-45(53)40(48-31(2)51)28-33-14-8-4-9-15-33/h3-17,26-27,30,37,39-40,50H,18-19,22-25,28-29H2,1-2H3,(H,47,52)(H,48,51)(H,49,53)/t30?,37?,39-,40-/m0/s1. The molecule has 2 atom stereocenters. The van der Waals surface area contributed by atoms with Crippen LogP contribution in [-0.2, 0) is 32.0 Å². The molecule has 288 valence electrons. The second-order valence-corrected chi connectivity index (χ2v) is 14.3. The number of aliphatic hydroxyl groups excluding tert-OH is 1. The predicted molar refractivity (Wildman–Crippen MR) is 214 cm³/mol. The number of furan rings is 1. The number of esters is 1. The third kappa shape index (κ3) is 10.3. The lowest BCUT2D eigenvalue weighted by Crippen LogP contribution is -2.55. The molecule has 4 aromatic carbocycles. The zero-order chi connectivity index (χ0) is 39.4. The Labute approximate surface area is 327 Å². The van der Waals surface area contributed by atoms with Gasteiger partial charge in [0, 0.05) is 42.8 Å². The van der Waals surface area contributed by atoms with Gasteiger partial charge in [0.2, 0.25) is 17.7 Å². The molecular formula is C46H47N3O7. The zero-order valence-electron chi connectivity index (χ0n) is 31.7. The van der Waals surface area contributed by atoms with Crippen LogP contribution >= 0.6 is 0 Å². The average Bonchev–Trinajstić information content (AvgIpc) is 3.60. The number of hydrogen-bond donors (Lipinski definition) is 4. The van der Waals surface area contributed by atoms with Crippen LogP contribution in [0.1, 0.15) is 72.1 Å². The first-order chi connectivity index (χ1) is 27.2. The van der Waals surface area contributed by atoms with E-state index >= 15 is 0 Å². The predicted octanol–water partition coefficient (Wildman–Crippen LogP) is 6.12. The highest BCUT2D eigenvalue weighted by atomic mass is 16.5. The molecule has 1 saturated carbocycles. The van der Waals surface area contributed by atoms with E-state index in [1.165, 1.54) is 6.92 Å². The number of hydrogen-bond acceptors (Lipinski definition) is 7. The van der Waals surface area contributed by atoms with Gasteiger partial charge in [0.05, 0.1) is 12.2 Å². The van der Waals surface area contributed by atoms with Crippen LogP contribution in [0.2, 0.25) is 0 Å². The molecule has 4 N–H and O–H groups in total. The summed E-state index contributed by atoms with van der Waals surface area (Å²) in [5.74, 6) is 5.36. The van der Waals surface area contributed by atoms with Gasteiger partial charge < -0.3 is 30.2 Å². The van der Waals surface area contributed by atoms with Crippen molar-refractivity contribution in [3.05, 3.63) is 131 Å². The highest BCUT2D eigenvalue weighted by Crippen LogP contribution is 2.38. The Morgan fingerprint density at radius 2 is 1.41 bits per heavy atom. The molecule has 1 aromatic heterocycles. The van der Waals surface area contributed by atoms with Crippen LogP contribution in [0.25, 0.3) is 22.3 Å². The largest absolute Gasteiger partial charge is 0.459 e. The molecule has 0 bridgehead atoms. The van der Waals surface area contributed by atoms with Crippen molar-refractivity contribution in [1.29, 1.82) is 0 Å². The third-order valence-corrected chi connectivity index (χ3v) is 9.90. The second-order valence-electron chi connectivity index (χ2n) is 14.3. The summed E-state index contributed by atoms with van der Waals surface area (Å²) in [6.45, 7) is 3.20. The van der Waals surface area contributed by atoms with Crippen LogP contribution < -0.4 is 16.0 Å². The minimum absolute atomic E-state index is 0.0159. The monoisotopic (exact) mass is 753 g/mol. The molecule has 0 unspecified atom stereocenters. The highest BCUT2D eigenvalue weighted by Gasteiger charge is 2.31. The van der Waals surface area contributed by atoms with E-state index in [2.05, 4.69) is 34.7 Å². The average molecular weight is 754 g/mol. The SMILES string of the molecule is CC(=O)N[C@@H](Cc1ccccc1)C(=O)N[C@@H](Cc1cc(C#Cc2ccccc2)c2oc(-c3ccccc3)c(C(=O)OC3CCC(C)CC3)c2c1)C(=O)NCCO. The van der Waals surface area contributed by atoms with Crippen molar-refractivity contribution >= 4 is 34.7 Å². The smallest absolute Gasteiger partial charge is 0.343 e. The number of benzene rings is 4. The number of nitrogens with one attached hydrogen (secondary N) is 3. The van der Waals surface area contributed by atoms with Crippen LogP contribution in [0, 0.1) is 17.8 Å². The van der Waals surface area contributed by atoms with Crippen molar-refractivity contribution in [3.8, 4) is 23.2 Å². The van der Waals surface area contributed by atoms with Gasteiger partial charge >= 0.3 is 5.97 Å². The first-order valence-electron chi connectivity index (χ1n) is 19.1. The van der Waals surface area contributed by atoms with Gasteiger partial charge in [0.15, 0.2) is 5.58 Å². The lowest BCUT2D eigenvalue weighted by atomic mass is 9.89. The van der Waals surface area contributed by atoms with Gasteiger partial charge in [-0.2, -0.15) is 0 Å². The molecule has 1 heterocycles. The quantitative estimate of drug-likeness (QED) is 0.0838. The number of carbonyl (C=O) groups is 4. The molecular weight excluding hydrogens is 707 g/mol. The molecule has 0 spiro atoms. The number of rotatable bonds is 13. The summed E-state index contributed by atoms with van der Waals surface area (Å²) in [6.07, 6.45) is 3.45. The van der Waals surface area contributed by atoms with E-state index in [4.69, 9.17) is 9.15 Å². The fourth-order valence-corrected chi connectivity index (χ4v) is 7.01. The van der Waals surface area contributed by atoms with E-state index in [0.717, 1.165) is 36.8 Å². The van der Waals surface area contributed by atoms with Gasteiger partial charge in [-0.1, -0.05) is 97.6 Å². The molecule has 5 aromatic rings. The zero-order valence-corrected chi connectivity index (χ0v) is 31.7. The van der Waals surface area contributed by atoms with Crippen molar-refractivity contribution in [2.24, 2.45) is 5.92 Å². The molecule has 1 aliphatic rings. The van der Waals surface area contributed by atoms with Crippen LogP contribution in [0.5, 0.6) is 0 Å². The van der Waals surface area contributed by atoms with E-state index in [9.17, 15) is 24.3 Å². The molecule has 6 rings (SSSR count). The molecule has 1 aliphatic carbocycles. The number of fused-ring (bicyclic) bond motifs is 1. The number of amides is 3. The van der Waals surface area contributed by atoms with Crippen molar-refractivity contribution in [1.82, 2.24) is 16.0 Å². The molecule has 10 nitrogen and oxygen atoms in total. The maximum Gasteiger partial charge on any atom is 0.343 e. The van der Waals surface area contributed by atoms with Gasteiger partial charge in [-0.15, -0.1) is 0 Å². The molecule has 56 heavy (non-hydrogen) atoms. The molecule has 0 aliphatic heterocycles. The molecule has 10 heteroatoms. The third-order valence-electron chi connectivity index (χ3n) is 9.90. The maximum absolute atomic E-state index is 14.3. The van der Waals surface area contributed by atoms with Crippen LogP contribution in [0.15, 0.2) is 108 Å². The summed E-state index contributed by atoms with van der Waals surface area (Å²) >= 11 is 0. The Hall–Kier alpha value is -6.18. The highest BCUT2D eigenvalue weighted by molar-refractivity contribution is 6.10. The Morgan fingerprint density at radius 1 is 0.786 bits per heavy atom. The maximum atomic E-state index is 14.3. The summed E-state index contributed by atoms with van der Waals surface area (Å²) in [5, 5.41) is 18.2. The number of aliphatic hydroxyl groups is 1. The van der Waals surface area contributed by atoms with Gasteiger partial charge in [-0.05, 0) is 67.0 Å². The molecule has 0 radical (unpaired) electrons. The summed E-state index contributed by atoms with van der Waals surface area (Å²) in [5.41, 5.74) is 3.98. The van der Waals surface area contributed by atoms with E-state index < -0.39 is 35.8 Å². The van der Waals surface area contributed by atoms with Gasteiger partial charge in [0.1, 0.15) is 29.5 Å². The first-order valence-corrected chi connectivity index (χ1v) is 19.1. The van der Waals surface area contributed by atoms with Crippen molar-refractivity contribution in [3.63, 3.8) is 0 Å². The fraction of sp³-hybridized carbons (Fsp3) is 0.304. The summed E-state index contributed by atoms with van der Waals surface area (Å²) < 4.78 is 12.7. The van der Waals surface area contributed by atoms with Gasteiger partial charge in [-0.25, -0.2) is 4.79 Å². The van der Waals surface area contributed by atoms with Gasteiger partial charge in [0.25, 0.3) is 0 Å². The lowest BCUT2D eigenvalue weighted by molar-refractivity contribution is -0.131. The Bertz CT molecular complexity index is 2200. The van der Waals surface area contributed by atoms with E-state index in [1.54, 1.807) is 12.1 Å². The number of carbonyl (C=O) groups excluding carboxylic acids is 4.